The van der Waals surface area contributed by atoms with Crippen molar-refractivity contribution in [2.45, 2.75) is 39.3 Å². The second kappa shape index (κ2) is 5.76. The number of halogens is 1. The predicted octanol–water partition coefficient (Wildman–Crippen LogP) is 3.70. The molecule has 0 saturated heterocycles. The van der Waals surface area contributed by atoms with E-state index in [2.05, 4.69) is 18.9 Å². The highest BCUT2D eigenvalue weighted by atomic mass is 35.5. The molecule has 1 atom stereocenters. The molecule has 2 aromatic rings. The molecule has 0 spiro atoms. The van der Waals surface area contributed by atoms with Crippen LogP contribution in [-0.4, -0.2) is 14.9 Å². The Hall–Kier alpha value is -1.32. The molecular weight excluding hydrogens is 260 g/mol. The van der Waals surface area contributed by atoms with Crippen molar-refractivity contribution in [1.82, 2.24) is 9.78 Å². The van der Waals surface area contributed by atoms with Gasteiger partial charge in [-0.25, -0.2) is 0 Å². The van der Waals surface area contributed by atoms with Crippen molar-refractivity contribution in [3.05, 3.63) is 52.3 Å². The number of rotatable bonds is 4. The summed E-state index contributed by atoms with van der Waals surface area (Å²) in [4.78, 5) is 0. The van der Waals surface area contributed by atoms with Crippen LogP contribution in [0.1, 0.15) is 42.7 Å². The van der Waals surface area contributed by atoms with Crippen molar-refractivity contribution >= 4 is 11.6 Å². The van der Waals surface area contributed by atoms with E-state index in [0.717, 1.165) is 16.7 Å². The van der Waals surface area contributed by atoms with Crippen LogP contribution < -0.4 is 0 Å². The van der Waals surface area contributed by atoms with E-state index >= 15 is 0 Å². The zero-order valence-corrected chi connectivity index (χ0v) is 12.2. The molecule has 1 heterocycles. The largest absolute Gasteiger partial charge is 0.388 e. The first-order valence-electron chi connectivity index (χ1n) is 6.44. The van der Waals surface area contributed by atoms with Crippen molar-refractivity contribution in [2.24, 2.45) is 0 Å². The van der Waals surface area contributed by atoms with Gasteiger partial charge < -0.3 is 5.11 Å². The number of nitrogens with zero attached hydrogens (tertiary/aromatic N) is 2. The smallest absolute Gasteiger partial charge is 0.0861 e. The maximum Gasteiger partial charge on any atom is 0.0861 e. The highest BCUT2D eigenvalue weighted by Gasteiger charge is 2.13. The van der Waals surface area contributed by atoms with Crippen LogP contribution >= 0.6 is 11.6 Å². The second-order valence-corrected chi connectivity index (χ2v) is 5.57. The Balaban J connectivity index is 2.13. The summed E-state index contributed by atoms with van der Waals surface area (Å²) in [5.41, 5.74) is 2.90. The van der Waals surface area contributed by atoms with Gasteiger partial charge in [0.25, 0.3) is 0 Å². The van der Waals surface area contributed by atoms with Gasteiger partial charge in [0, 0.05) is 29.2 Å². The quantitative estimate of drug-likeness (QED) is 0.926. The molecule has 1 N–H and O–H groups in total. The lowest BCUT2D eigenvalue weighted by molar-refractivity contribution is 0.178. The number of aromatic nitrogens is 2. The molecule has 1 unspecified atom stereocenters. The summed E-state index contributed by atoms with van der Waals surface area (Å²) in [6.45, 7) is 6.11. The molecule has 19 heavy (non-hydrogen) atoms. The van der Waals surface area contributed by atoms with Crippen molar-refractivity contribution in [3.8, 4) is 0 Å². The van der Waals surface area contributed by atoms with Crippen LogP contribution in [0, 0.1) is 6.92 Å². The summed E-state index contributed by atoms with van der Waals surface area (Å²) < 4.78 is 1.84. The number of aliphatic hydroxyl groups excluding tert-OH is 1. The highest BCUT2D eigenvalue weighted by Crippen LogP contribution is 2.24. The standard InChI is InChI=1S/C15H19ClN2O/c1-10(2)18-9-13(8-17-18)15(19)7-12-5-4-11(3)6-14(12)16/h4-6,8-10,15,19H,7H2,1-3H3. The Labute approximate surface area is 118 Å². The lowest BCUT2D eigenvalue weighted by atomic mass is 10.0. The predicted molar refractivity (Wildman–Crippen MR) is 77.5 cm³/mol. The van der Waals surface area contributed by atoms with Gasteiger partial charge in [0.1, 0.15) is 0 Å². The van der Waals surface area contributed by atoms with Crippen LogP contribution in [-0.2, 0) is 6.42 Å². The van der Waals surface area contributed by atoms with E-state index in [4.69, 9.17) is 11.6 Å². The van der Waals surface area contributed by atoms with Gasteiger partial charge in [-0.15, -0.1) is 0 Å². The molecule has 0 aliphatic carbocycles. The molecule has 0 fully saturated rings. The molecule has 0 aliphatic rings. The maximum absolute atomic E-state index is 10.3. The number of aryl methyl sites for hydroxylation is 1. The molecule has 1 aromatic heterocycles. The Bertz CT molecular complexity index is 563. The fourth-order valence-corrected chi connectivity index (χ4v) is 2.26. The third-order valence-corrected chi connectivity index (χ3v) is 3.51. The first-order valence-corrected chi connectivity index (χ1v) is 6.82. The van der Waals surface area contributed by atoms with Crippen LogP contribution in [0.2, 0.25) is 5.02 Å². The van der Waals surface area contributed by atoms with E-state index in [0.29, 0.717) is 17.5 Å². The number of hydrogen-bond donors (Lipinski definition) is 1. The molecule has 0 aliphatic heterocycles. The molecule has 102 valence electrons. The zero-order chi connectivity index (χ0) is 14.0. The van der Waals surface area contributed by atoms with Crippen molar-refractivity contribution < 1.29 is 5.11 Å². The van der Waals surface area contributed by atoms with Gasteiger partial charge in [0.2, 0.25) is 0 Å². The summed E-state index contributed by atoms with van der Waals surface area (Å²) in [6.07, 6.45) is 3.53. The monoisotopic (exact) mass is 278 g/mol. The first kappa shape index (κ1) is 14.1. The number of aliphatic hydroxyl groups is 1. The molecule has 0 saturated carbocycles. The third kappa shape index (κ3) is 3.37. The normalized spacial score (nSPS) is 12.9. The summed E-state index contributed by atoms with van der Waals surface area (Å²) in [7, 11) is 0. The summed E-state index contributed by atoms with van der Waals surface area (Å²) in [6, 6.07) is 6.18. The van der Waals surface area contributed by atoms with Gasteiger partial charge in [0.05, 0.1) is 12.3 Å². The second-order valence-electron chi connectivity index (χ2n) is 5.16. The van der Waals surface area contributed by atoms with Gasteiger partial charge >= 0.3 is 0 Å². The van der Waals surface area contributed by atoms with Gasteiger partial charge in [0.15, 0.2) is 0 Å². The van der Waals surface area contributed by atoms with E-state index in [1.165, 1.54) is 0 Å². The zero-order valence-electron chi connectivity index (χ0n) is 11.5. The fraction of sp³-hybridized carbons (Fsp3) is 0.400. The fourth-order valence-electron chi connectivity index (χ4n) is 1.95. The van der Waals surface area contributed by atoms with Gasteiger partial charge in [-0.05, 0) is 38.0 Å². The van der Waals surface area contributed by atoms with Crippen LogP contribution in [0.25, 0.3) is 0 Å². The van der Waals surface area contributed by atoms with Crippen LogP contribution in [0.15, 0.2) is 30.6 Å². The molecule has 1 aromatic carbocycles. The topological polar surface area (TPSA) is 38.1 Å². The molecule has 0 bridgehead atoms. The van der Waals surface area contributed by atoms with E-state index in [1.807, 2.05) is 36.0 Å². The molecule has 4 heteroatoms. The van der Waals surface area contributed by atoms with Crippen molar-refractivity contribution in [1.29, 1.82) is 0 Å². The first-order chi connectivity index (χ1) is 8.97. The molecule has 3 nitrogen and oxygen atoms in total. The van der Waals surface area contributed by atoms with Gasteiger partial charge in [-0.2, -0.15) is 5.10 Å². The van der Waals surface area contributed by atoms with E-state index in [-0.39, 0.29) is 0 Å². The lowest BCUT2D eigenvalue weighted by Crippen LogP contribution is -2.03. The van der Waals surface area contributed by atoms with Crippen LogP contribution in [0.4, 0.5) is 0 Å². The van der Waals surface area contributed by atoms with E-state index < -0.39 is 6.10 Å². The number of hydrogen-bond acceptors (Lipinski definition) is 2. The van der Waals surface area contributed by atoms with Crippen LogP contribution in [0.3, 0.4) is 0 Å². The SMILES string of the molecule is Cc1ccc(CC(O)c2cnn(C(C)C)c2)c(Cl)c1. The van der Waals surface area contributed by atoms with E-state index in [1.54, 1.807) is 6.20 Å². The van der Waals surface area contributed by atoms with Crippen molar-refractivity contribution in [2.75, 3.05) is 0 Å². The average molecular weight is 279 g/mol. The van der Waals surface area contributed by atoms with Crippen molar-refractivity contribution in [3.63, 3.8) is 0 Å². The Morgan fingerprint density at radius 2 is 2.11 bits per heavy atom. The van der Waals surface area contributed by atoms with Crippen LogP contribution in [0.5, 0.6) is 0 Å². The average Bonchev–Trinajstić information content (AvgIpc) is 2.82. The molecule has 0 amide bonds. The van der Waals surface area contributed by atoms with Gasteiger partial charge in [-0.1, -0.05) is 23.7 Å². The minimum atomic E-state index is -0.576. The van der Waals surface area contributed by atoms with Gasteiger partial charge in [-0.3, -0.25) is 4.68 Å². The number of benzene rings is 1. The Kier molecular flexibility index (Phi) is 4.27. The Morgan fingerprint density at radius 1 is 1.37 bits per heavy atom. The molecular formula is C15H19ClN2O. The highest BCUT2D eigenvalue weighted by molar-refractivity contribution is 6.31. The third-order valence-electron chi connectivity index (χ3n) is 3.16. The molecule has 2 rings (SSSR count). The summed E-state index contributed by atoms with van der Waals surface area (Å²) >= 11 is 6.18. The lowest BCUT2D eigenvalue weighted by Gasteiger charge is -2.11. The maximum atomic E-state index is 10.3. The Morgan fingerprint density at radius 3 is 2.68 bits per heavy atom. The minimum absolute atomic E-state index is 0.295. The summed E-state index contributed by atoms with van der Waals surface area (Å²) in [5.74, 6) is 0. The van der Waals surface area contributed by atoms with E-state index in [9.17, 15) is 5.11 Å². The molecule has 0 radical (unpaired) electrons. The minimum Gasteiger partial charge on any atom is -0.388 e. The summed E-state index contributed by atoms with van der Waals surface area (Å²) in [5, 5.41) is 15.2.